The molecule has 2 aliphatic carbocycles. The third kappa shape index (κ3) is 17.1. The Kier molecular flexibility index (Phi) is 28.6. The molecular weight excluding hydrogens is 1260 g/mol. The van der Waals surface area contributed by atoms with Gasteiger partial charge < -0.3 is 61.3 Å². The number of carboxylic acid groups (broad SMARTS) is 5. The predicted molar refractivity (Wildman–Crippen MR) is 184 cm³/mol. The summed E-state index contributed by atoms with van der Waals surface area (Å²) < 4.78 is 0. The third-order valence-corrected chi connectivity index (χ3v) is 9.61. The summed E-state index contributed by atoms with van der Waals surface area (Å²) in [7, 11) is 8.37. The molecule has 324 valence electrons. The fraction of sp³-hybridized carbons (Fsp3) is 0.774. The van der Waals surface area contributed by atoms with Gasteiger partial charge in [-0.3, -0.25) is 53.4 Å². The summed E-state index contributed by atoms with van der Waals surface area (Å²) in [6, 6.07) is -6.72. The minimum Gasteiger partial charge on any atom is -0.512 e. The first kappa shape index (κ1) is 60.3. The molecule has 4 unspecified atom stereocenters. The van der Waals surface area contributed by atoms with E-state index >= 15 is 0 Å². The number of aliphatic hydroxyl groups excluding tert-OH is 7. The molecule has 0 aromatic rings. The number of aliphatic carboxylic acids is 5. The van der Waals surface area contributed by atoms with Crippen LogP contribution >= 0.6 is 0 Å². The zero-order valence-corrected chi connectivity index (χ0v) is 43.2. The van der Waals surface area contributed by atoms with E-state index in [1.54, 1.807) is 0 Å². The first-order chi connectivity index (χ1) is 24.8. The standard InChI is InChI=1S/C16H29N3O8.C15H27N3O9.3Hf/c1-8(20)5-17(2)11-14(25)12(18(3)6-9(21)22)16(27)13(15(11)26)19(4)7-10(23)24;1-16(4-7(19)20)10-13(25)11(17(2)5-8(21)22)15(27)12(14(10)26)18(3)6-9(23)24;;;/h11-16,20,25-27H,1,5-7H2,2-4H3,(H,21,22)(H,23,24);10-15,25-27H,4-6H2,1-3H3,(H,19,20)(H,21,22)(H,23,24);;;. The van der Waals surface area contributed by atoms with Gasteiger partial charge in [-0.2, -0.15) is 0 Å². The van der Waals surface area contributed by atoms with Crippen molar-refractivity contribution >= 4 is 29.8 Å². The third-order valence-electron chi connectivity index (χ3n) is 9.61. The second-order valence-corrected chi connectivity index (χ2v) is 13.9. The van der Waals surface area contributed by atoms with Gasteiger partial charge in [-0.1, -0.05) is 6.58 Å². The van der Waals surface area contributed by atoms with Gasteiger partial charge in [0.15, 0.2) is 0 Å². The van der Waals surface area contributed by atoms with Crippen LogP contribution in [0.4, 0.5) is 0 Å². The Morgan fingerprint density at radius 2 is 0.474 bits per heavy atom. The fourth-order valence-electron chi connectivity index (χ4n) is 7.54. The summed E-state index contributed by atoms with van der Waals surface area (Å²) in [6.07, 6.45) is -8.64. The SMILES string of the molecule is C=C(O)CN(C)C1C(O)C(N(C)CC(=O)O)C(O)C(N(C)CC(=O)O)C1O.CN(CC(=O)O)C1C(O)C(N(C)CC(=O)O)C(O)C(N(C)CC(=O)O)C1O.[Hf].[Hf].[Hf]. The largest absolute Gasteiger partial charge is 0.512 e. The Hall–Kier alpha value is -0.980. The van der Waals surface area contributed by atoms with E-state index < -0.39 is 135 Å². The van der Waals surface area contributed by atoms with Crippen LogP contribution in [0.15, 0.2) is 12.3 Å². The Bertz CT molecular complexity index is 1060. The van der Waals surface area contributed by atoms with Gasteiger partial charge in [0.1, 0.15) is 0 Å². The number of likely N-dealkylation sites (N-methyl/N-ethyl adjacent to an activating group) is 6. The maximum atomic E-state index is 11.1. The van der Waals surface area contributed by atoms with E-state index in [2.05, 4.69) is 6.58 Å². The molecule has 0 bridgehead atoms. The van der Waals surface area contributed by atoms with Crippen molar-refractivity contribution in [3.05, 3.63) is 12.3 Å². The molecule has 0 heterocycles. The van der Waals surface area contributed by atoms with Gasteiger partial charge in [0.2, 0.25) is 0 Å². The summed E-state index contributed by atoms with van der Waals surface area (Å²) >= 11 is 0. The van der Waals surface area contributed by atoms with Crippen LogP contribution in [-0.4, -0.2) is 275 Å². The van der Waals surface area contributed by atoms with Gasteiger partial charge in [-0.25, -0.2) is 0 Å². The van der Waals surface area contributed by atoms with Crippen molar-refractivity contribution < 1.29 is 163 Å². The fourth-order valence-corrected chi connectivity index (χ4v) is 7.54. The molecule has 26 heteroatoms. The Morgan fingerprint density at radius 1 is 0.351 bits per heavy atom. The minimum atomic E-state index is -1.49. The predicted octanol–water partition coefficient (Wildman–Crippen LogP) is -6.55. The maximum Gasteiger partial charge on any atom is 0.317 e. The molecule has 23 nitrogen and oxygen atoms in total. The number of rotatable bonds is 18. The summed E-state index contributed by atoms with van der Waals surface area (Å²) in [5.74, 6) is -6.20. The summed E-state index contributed by atoms with van der Waals surface area (Å²) in [5, 5.41) is 119. The van der Waals surface area contributed by atoms with Crippen LogP contribution in [0.25, 0.3) is 0 Å². The Morgan fingerprint density at radius 3 is 0.579 bits per heavy atom. The van der Waals surface area contributed by atoms with E-state index in [1.165, 1.54) is 71.7 Å². The number of carbonyl (C=O) groups is 5. The number of carboxylic acids is 5. The van der Waals surface area contributed by atoms with Gasteiger partial charge >= 0.3 is 29.8 Å². The molecule has 0 spiro atoms. The van der Waals surface area contributed by atoms with E-state index in [-0.39, 0.29) is 89.8 Å². The topological polar surface area (TPSA) is 348 Å². The second kappa shape index (κ2) is 27.1. The van der Waals surface area contributed by atoms with Crippen molar-refractivity contribution in [3.8, 4) is 0 Å². The quantitative estimate of drug-likeness (QED) is 0.0448. The van der Waals surface area contributed by atoms with Crippen LogP contribution in [0.3, 0.4) is 0 Å². The van der Waals surface area contributed by atoms with Crippen LogP contribution in [-0.2, 0) is 102 Å². The number of nitrogens with zero attached hydrogens (tertiary/aromatic N) is 6. The van der Waals surface area contributed by atoms with Gasteiger partial charge in [0.25, 0.3) is 0 Å². The van der Waals surface area contributed by atoms with Crippen molar-refractivity contribution in [1.82, 2.24) is 29.4 Å². The summed E-state index contributed by atoms with van der Waals surface area (Å²) in [5.41, 5.74) is 0. The molecule has 2 rings (SSSR count). The average Bonchev–Trinajstić information content (AvgIpc) is 2.94. The number of hydrogen-bond acceptors (Lipinski definition) is 18. The summed E-state index contributed by atoms with van der Waals surface area (Å²) in [6.45, 7) is 0.741. The van der Waals surface area contributed by atoms with Crippen LogP contribution in [0.1, 0.15) is 0 Å². The van der Waals surface area contributed by atoms with Crippen molar-refractivity contribution in [1.29, 1.82) is 0 Å². The molecule has 2 saturated carbocycles. The molecule has 57 heavy (non-hydrogen) atoms. The minimum absolute atomic E-state index is 0. The zero-order valence-electron chi connectivity index (χ0n) is 32.5. The van der Waals surface area contributed by atoms with Gasteiger partial charge in [0.05, 0.1) is 118 Å². The summed E-state index contributed by atoms with van der Waals surface area (Å²) in [4.78, 5) is 62.6. The van der Waals surface area contributed by atoms with Crippen molar-refractivity contribution in [2.45, 2.75) is 72.9 Å². The first-order valence-electron chi connectivity index (χ1n) is 16.5. The molecule has 0 aromatic carbocycles. The smallest absolute Gasteiger partial charge is 0.317 e. The van der Waals surface area contributed by atoms with E-state index in [0.29, 0.717) is 0 Å². The van der Waals surface area contributed by atoms with Crippen molar-refractivity contribution in [2.24, 2.45) is 0 Å². The van der Waals surface area contributed by atoms with E-state index in [4.69, 9.17) is 25.5 Å². The Labute approximate surface area is 386 Å². The monoisotopic (exact) mass is 1320 g/mol. The van der Waals surface area contributed by atoms with Gasteiger partial charge in [-0.15, -0.1) is 0 Å². The number of hydrogen-bond donors (Lipinski definition) is 12. The first-order valence-corrected chi connectivity index (χ1v) is 16.5. The van der Waals surface area contributed by atoms with Crippen LogP contribution in [0, 0.1) is 0 Å². The number of aliphatic hydroxyl groups is 7. The second-order valence-electron chi connectivity index (χ2n) is 13.9. The molecule has 2 aliphatic rings. The molecular formula is C31H56Hf3N6O17. The van der Waals surface area contributed by atoms with Crippen LogP contribution < -0.4 is 0 Å². The average molecular weight is 1320 g/mol. The van der Waals surface area contributed by atoms with E-state index in [0.717, 1.165) is 0 Å². The maximum absolute atomic E-state index is 11.1. The van der Waals surface area contributed by atoms with E-state index in [1.807, 2.05) is 0 Å². The van der Waals surface area contributed by atoms with Gasteiger partial charge in [0, 0.05) is 77.5 Å². The molecule has 0 amide bonds. The van der Waals surface area contributed by atoms with Gasteiger partial charge in [-0.05, 0) is 42.3 Å². The van der Waals surface area contributed by atoms with E-state index in [9.17, 15) is 59.7 Å². The van der Waals surface area contributed by atoms with Crippen molar-refractivity contribution in [2.75, 3.05) is 81.6 Å². The molecule has 0 aliphatic heterocycles. The normalized spacial score (nSPS) is 29.8. The molecule has 12 N–H and O–H groups in total. The van der Waals surface area contributed by atoms with Crippen LogP contribution in [0.2, 0.25) is 0 Å². The molecule has 2 fully saturated rings. The molecule has 4 atom stereocenters. The molecule has 0 aromatic heterocycles. The Balaban J connectivity index is -0.000000972. The van der Waals surface area contributed by atoms with Crippen LogP contribution in [0.5, 0.6) is 0 Å². The zero-order chi connectivity index (χ0) is 42.1. The van der Waals surface area contributed by atoms with Crippen molar-refractivity contribution in [3.63, 3.8) is 0 Å². The molecule has 0 radical (unpaired) electrons. The molecule has 0 saturated heterocycles.